The summed E-state index contributed by atoms with van der Waals surface area (Å²) in [5, 5.41) is 3.58. The molecule has 0 unspecified atom stereocenters. The van der Waals surface area contributed by atoms with Gasteiger partial charge >= 0.3 is 41.9 Å². The van der Waals surface area contributed by atoms with Gasteiger partial charge in [0.1, 0.15) is 0 Å². The van der Waals surface area contributed by atoms with Gasteiger partial charge in [0, 0.05) is 5.02 Å². The quantitative estimate of drug-likeness (QED) is 0.165. The van der Waals surface area contributed by atoms with Crippen LogP contribution in [0, 0.1) is 34.6 Å². The first-order valence-electron chi connectivity index (χ1n) is 10.3. The third-order valence-corrected chi connectivity index (χ3v) is 5.89. The Morgan fingerprint density at radius 1 is 0.774 bits per heavy atom. The van der Waals surface area contributed by atoms with Gasteiger partial charge in [-0.2, -0.15) is 28.3 Å². The van der Waals surface area contributed by atoms with Crippen LogP contribution in [0.15, 0.2) is 54.6 Å². The van der Waals surface area contributed by atoms with Gasteiger partial charge in [-0.05, 0) is 5.02 Å². The molecule has 160 valence electrons. The summed E-state index contributed by atoms with van der Waals surface area (Å²) in [5.74, 6) is 0. The second kappa shape index (κ2) is 11.8. The van der Waals surface area contributed by atoms with Gasteiger partial charge in [0.15, 0.2) is 0 Å². The van der Waals surface area contributed by atoms with Crippen LogP contribution in [0.25, 0.3) is 21.9 Å². The molecule has 4 heteroatoms. The fourth-order valence-electron chi connectivity index (χ4n) is 3.56. The van der Waals surface area contributed by atoms with Gasteiger partial charge in [-0.3, -0.25) is 0 Å². The fourth-order valence-corrected chi connectivity index (χ4v) is 4.11. The Balaban J connectivity index is 0.000000220. The minimum absolute atomic E-state index is 0.210. The van der Waals surface area contributed by atoms with Gasteiger partial charge in [-0.1, -0.05) is 94.2 Å². The molecule has 31 heavy (non-hydrogen) atoms. The van der Waals surface area contributed by atoms with E-state index in [1.54, 1.807) is 29.4 Å². The topological polar surface area (TPSA) is 0 Å². The molecule has 0 radical (unpaired) electrons. The summed E-state index contributed by atoms with van der Waals surface area (Å²) < 4.78 is 0. The Kier molecular flexibility index (Phi) is 10.0. The average molecular weight is 545 g/mol. The fraction of sp³-hybridized carbons (Fsp3) is 0.259. The van der Waals surface area contributed by atoms with Gasteiger partial charge in [-0.15, -0.1) is 39.6 Å². The number of aryl methyl sites for hydroxylation is 3. The van der Waals surface area contributed by atoms with Crippen LogP contribution in [0.2, 0.25) is 23.1 Å². The predicted octanol–water partition coefficient (Wildman–Crippen LogP) is 9.26. The van der Waals surface area contributed by atoms with Crippen molar-refractivity contribution < 1.29 is 23.3 Å². The van der Waals surface area contributed by atoms with Crippen LogP contribution in [0.5, 0.6) is 0 Å². The van der Waals surface area contributed by atoms with Crippen LogP contribution in [-0.4, -0.2) is 5.43 Å². The summed E-state index contributed by atoms with van der Waals surface area (Å²) in [7, 11) is 0. The normalized spacial score (nSPS) is 10.3. The summed E-state index contributed by atoms with van der Waals surface area (Å²) in [4.78, 5) is 0. The first-order valence-corrected chi connectivity index (χ1v) is 17.3. The third kappa shape index (κ3) is 7.03. The van der Waals surface area contributed by atoms with Crippen LogP contribution < -0.4 is 0 Å². The van der Waals surface area contributed by atoms with E-state index in [-0.39, 0.29) is 5.43 Å². The minimum Gasteiger partial charge on any atom is -0.196 e. The molecular weight excluding hydrogens is 515 g/mol. The van der Waals surface area contributed by atoms with E-state index in [9.17, 15) is 0 Å². The van der Waals surface area contributed by atoms with Crippen molar-refractivity contribution in [2.75, 3.05) is 0 Å². The molecule has 0 saturated heterocycles. The van der Waals surface area contributed by atoms with Crippen LogP contribution >= 0.6 is 23.2 Å². The van der Waals surface area contributed by atoms with Crippen molar-refractivity contribution in [2.45, 2.75) is 47.7 Å². The molecule has 0 heterocycles. The summed E-state index contributed by atoms with van der Waals surface area (Å²) in [5.41, 5.74) is 9.59. The molecule has 0 aromatic heterocycles. The Labute approximate surface area is 212 Å². The van der Waals surface area contributed by atoms with Crippen molar-refractivity contribution >= 4 is 39.4 Å². The van der Waals surface area contributed by atoms with E-state index in [0.717, 1.165) is 10.8 Å². The summed E-state index contributed by atoms with van der Waals surface area (Å²) >= 11 is 14.1. The Bertz CT molecular complexity index is 1160. The van der Waals surface area contributed by atoms with E-state index in [1.807, 2.05) is 24.3 Å². The molecule has 4 aromatic rings. The van der Waals surface area contributed by atoms with Gasteiger partial charge in [-0.25, -0.2) is 0 Å². The molecular formula is C27H30Cl2SiZr. The zero-order chi connectivity index (χ0) is 23.3. The third-order valence-electron chi connectivity index (χ3n) is 5.36. The van der Waals surface area contributed by atoms with Crippen molar-refractivity contribution in [3.8, 4) is 11.1 Å². The Morgan fingerprint density at radius 3 is 1.74 bits per heavy atom. The van der Waals surface area contributed by atoms with E-state index in [4.69, 9.17) is 23.2 Å². The predicted molar refractivity (Wildman–Crippen MR) is 138 cm³/mol. The van der Waals surface area contributed by atoms with E-state index in [1.165, 1.54) is 38.9 Å². The van der Waals surface area contributed by atoms with Gasteiger partial charge < -0.3 is 0 Å². The maximum absolute atomic E-state index is 6.25. The van der Waals surface area contributed by atoms with Crippen LogP contribution in [-0.2, 0) is 23.3 Å². The Morgan fingerprint density at radius 2 is 1.29 bits per heavy atom. The summed E-state index contributed by atoms with van der Waals surface area (Å²) in [6.07, 6.45) is 0. The number of hydrogen-bond donors (Lipinski definition) is 0. The molecule has 0 aliphatic rings. The minimum atomic E-state index is 0.210. The zero-order valence-electron chi connectivity index (χ0n) is 19.5. The van der Waals surface area contributed by atoms with E-state index in [0.29, 0.717) is 10.0 Å². The van der Waals surface area contributed by atoms with Gasteiger partial charge in [0.25, 0.3) is 0 Å². The molecule has 0 bridgehead atoms. The van der Waals surface area contributed by atoms with E-state index < -0.39 is 0 Å². The van der Waals surface area contributed by atoms with E-state index in [2.05, 4.69) is 72.0 Å². The molecule has 0 nitrogen and oxygen atoms in total. The molecule has 4 rings (SSSR count). The molecule has 0 spiro atoms. The van der Waals surface area contributed by atoms with Crippen molar-refractivity contribution in [2.24, 2.45) is 0 Å². The van der Waals surface area contributed by atoms with Crippen LogP contribution in [0.3, 0.4) is 0 Å². The second-order valence-corrected chi connectivity index (χ2v) is 18.4. The number of hydrogen-bond acceptors (Lipinski definition) is 0. The first kappa shape index (κ1) is 26.3. The molecule has 0 N–H and O–H groups in total. The molecule has 4 aromatic carbocycles. The van der Waals surface area contributed by atoms with E-state index >= 15 is 0 Å². The maximum Gasteiger partial charge on any atom is 0.0235 e. The van der Waals surface area contributed by atoms with Gasteiger partial charge in [0.05, 0.1) is 0 Å². The number of fused-ring (bicyclic) bond motifs is 1. The van der Waals surface area contributed by atoms with Crippen LogP contribution in [0.1, 0.15) is 27.8 Å². The molecule has 0 amide bonds. The first-order chi connectivity index (χ1) is 14.5. The second-order valence-electron chi connectivity index (χ2n) is 8.18. The van der Waals surface area contributed by atoms with Crippen molar-refractivity contribution in [3.05, 3.63) is 92.5 Å². The molecule has 0 aliphatic heterocycles. The molecule has 0 aliphatic carbocycles. The largest absolute Gasteiger partial charge is 0.196 e. The number of benzene rings is 2. The standard InChI is InChI=1S/C16H11Cl2.C9H13.C2H6Si.Zr/c1-10-7-13-14(8-12(17)9-15(13)18)16(10)11-5-3-2-4-6-11;1-6-5-7(2)9(4)8(6)3;1-3-2;/h2-9H,1H3;5H,1-4H3;1-2H3;/q2*-1;;+2. The molecule has 0 atom stereocenters. The summed E-state index contributed by atoms with van der Waals surface area (Å²) in [6, 6.07) is 18.5. The SMILES string of the molecule is C[Si](C)=[Zr+2].Cc1[cH-]c(C)c(C)c1C.Cc1[cH-]c2c(Cl)cc(Cl)cc2c1-c1ccccc1. The monoisotopic (exact) mass is 542 g/mol. The Hall–Kier alpha value is -0.920. The molecule has 0 fully saturated rings. The smallest absolute Gasteiger partial charge is 0.0235 e. The average Bonchev–Trinajstić information content (AvgIpc) is 3.13. The number of halogens is 2. The van der Waals surface area contributed by atoms with Crippen molar-refractivity contribution in [3.63, 3.8) is 0 Å². The van der Waals surface area contributed by atoms with Crippen molar-refractivity contribution in [1.29, 1.82) is 0 Å². The summed E-state index contributed by atoms with van der Waals surface area (Å²) in [6.45, 7) is 15.4. The number of rotatable bonds is 1. The maximum atomic E-state index is 6.25. The van der Waals surface area contributed by atoms with Crippen molar-refractivity contribution in [1.82, 2.24) is 0 Å². The molecule has 0 saturated carbocycles. The van der Waals surface area contributed by atoms with Crippen LogP contribution in [0.4, 0.5) is 0 Å². The zero-order valence-corrected chi connectivity index (χ0v) is 24.4. The van der Waals surface area contributed by atoms with Gasteiger partial charge in [0.2, 0.25) is 0 Å².